The molecule has 4 aromatic carbocycles. The quantitative estimate of drug-likeness (QED) is 0.127. The maximum Gasteiger partial charge on any atom is 0.0675 e. The van der Waals surface area contributed by atoms with E-state index in [1.165, 1.54) is 36.5 Å². The molecule has 3 radical (unpaired) electrons. The third-order valence-electron chi connectivity index (χ3n) is 7.67. The summed E-state index contributed by atoms with van der Waals surface area (Å²) >= 11 is 0. The number of pyridine rings is 4. The van der Waals surface area contributed by atoms with E-state index in [-0.39, 0.29) is 96.3 Å². The number of halogens is 6. The first kappa shape index (κ1) is 52.1. The molecule has 0 spiro atoms. The summed E-state index contributed by atoms with van der Waals surface area (Å²) in [6.45, 7) is -0.185. The van der Waals surface area contributed by atoms with Crippen LogP contribution < -0.4 is 0 Å². The van der Waals surface area contributed by atoms with Crippen LogP contribution in [0.15, 0.2) is 146 Å². The standard InChI is InChI=1S/C12H8F2NO.C12H9FNO.C11H6F2N.C11H7FN.3Ir/c13-9-1-2-10(11(14)6-9)12-5-8(7-16)3-4-15-12;13-11-3-1-10(2-4-11)12-7-9(8-15)5-6-14-12;12-8-4-5-9(10(13)7-8)11-3-1-2-6-14-11;12-10-6-4-9(5-7-10)11-3-1-2-8-13-11;;;/h1,3-6,16H,7H2;1,3-7,15H,8H2;1-4,6-7H;1-4,6-8H;;;/q4*-1;;;. The number of hydrogen-bond donors (Lipinski definition) is 2. The Labute approximate surface area is 388 Å². The molecular weight excluding hydrogens is 1330 g/mol. The van der Waals surface area contributed by atoms with Gasteiger partial charge in [0.15, 0.2) is 0 Å². The number of nitrogens with zero attached hydrogens (tertiary/aromatic N) is 4. The molecule has 0 atom stereocenters. The molecule has 0 saturated carbocycles. The van der Waals surface area contributed by atoms with Crippen LogP contribution in [0.4, 0.5) is 26.3 Å². The van der Waals surface area contributed by atoms with Gasteiger partial charge in [-0.15, -0.1) is 83.9 Å². The monoisotopic (exact) mass is 1360 g/mol. The molecule has 0 aliphatic rings. The minimum atomic E-state index is -0.720. The smallest absolute Gasteiger partial charge is 0.0675 e. The van der Waals surface area contributed by atoms with Gasteiger partial charge in [0, 0.05) is 120 Å². The first-order valence-electron chi connectivity index (χ1n) is 17.2. The molecule has 15 heteroatoms. The zero-order valence-electron chi connectivity index (χ0n) is 31.2. The normalized spacial score (nSPS) is 9.70. The maximum absolute atomic E-state index is 13.4. The molecule has 0 saturated heterocycles. The number of aliphatic hydroxyl groups excluding tert-OH is 2. The molecule has 0 aliphatic carbocycles. The van der Waals surface area contributed by atoms with Crippen LogP contribution in [0.25, 0.3) is 45.0 Å². The van der Waals surface area contributed by atoms with E-state index in [2.05, 4.69) is 44.2 Å². The van der Waals surface area contributed by atoms with Crippen molar-refractivity contribution in [3.63, 3.8) is 0 Å². The number of hydrogen-bond acceptors (Lipinski definition) is 6. The number of aromatic nitrogens is 4. The molecule has 6 nitrogen and oxygen atoms in total. The van der Waals surface area contributed by atoms with E-state index in [1.54, 1.807) is 67.1 Å². The fraction of sp³-hybridized carbons (Fsp3) is 0.0435. The molecule has 2 N–H and O–H groups in total. The Balaban J connectivity index is 0.000000276. The van der Waals surface area contributed by atoms with E-state index >= 15 is 0 Å². The summed E-state index contributed by atoms with van der Waals surface area (Å²) < 4.78 is 77.1. The van der Waals surface area contributed by atoms with Gasteiger partial charge in [0.2, 0.25) is 0 Å². The van der Waals surface area contributed by atoms with Crippen molar-refractivity contribution in [2.75, 3.05) is 0 Å². The van der Waals surface area contributed by atoms with Gasteiger partial charge >= 0.3 is 0 Å². The Hall–Kier alpha value is -5.07. The average molecular weight is 1360 g/mol. The van der Waals surface area contributed by atoms with Gasteiger partial charge in [-0.3, -0.25) is 26.3 Å². The molecular formula is C46H30F6Ir3N4O2-4. The van der Waals surface area contributed by atoms with Gasteiger partial charge in [-0.1, -0.05) is 59.7 Å². The molecule has 319 valence electrons. The third kappa shape index (κ3) is 16.4. The Kier molecular flexibility index (Phi) is 23.0. The Morgan fingerprint density at radius 2 is 0.803 bits per heavy atom. The van der Waals surface area contributed by atoms with Crippen molar-refractivity contribution in [2.24, 2.45) is 0 Å². The average Bonchev–Trinajstić information content (AvgIpc) is 3.25. The van der Waals surface area contributed by atoms with Gasteiger partial charge in [0.25, 0.3) is 0 Å². The Morgan fingerprint density at radius 1 is 0.393 bits per heavy atom. The van der Waals surface area contributed by atoms with Crippen LogP contribution >= 0.6 is 0 Å². The zero-order valence-corrected chi connectivity index (χ0v) is 38.4. The van der Waals surface area contributed by atoms with Crippen LogP contribution in [0.2, 0.25) is 0 Å². The molecule has 0 aliphatic heterocycles. The van der Waals surface area contributed by atoms with Gasteiger partial charge in [-0.2, -0.15) is 0 Å². The van der Waals surface area contributed by atoms with Crippen molar-refractivity contribution in [1.82, 2.24) is 19.9 Å². The fourth-order valence-electron chi connectivity index (χ4n) is 4.87. The van der Waals surface area contributed by atoms with Crippen LogP contribution in [0, 0.1) is 59.2 Å². The van der Waals surface area contributed by atoms with Crippen molar-refractivity contribution < 1.29 is 96.9 Å². The van der Waals surface area contributed by atoms with Crippen molar-refractivity contribution in [3.05, 3.63) is 216 Å². The number of rotatable bonds is 6. The summed E-state index contributed by atoms with van der Waals surface area (Å²) in [5, 5.41) is 17.9. The molecule has 4 heterocycles. The first-order valence-corrected chi connectivity index (χ1v) is 17.2. The van der Waals surface area contributed by atoms with Crippen molar-refractivity contribution in [3.8, 4) is 45.0 Å². The molecule has 0 unspecified atom stereocenters. The van der Waals surface area contributed by atoms with Crippen LogP contribution in [0.3, 0.4) is 0 Å². The summed E-state index contributed by atoms with van der Waals surface area (Å²) in [4.78, 5) is 16.1. The van der Waals surface area contributed by atoms with E-state index in [9.17, 15) is 26.3 Å². The van der Waals surface area contributed by atoms with Gasteiger partial charge < -0.3 is 30.1 Å². The summed E-state index contributed by atoms with van der Waals surface area (Å²) in [5.41, 5.74) is 5.45. The van der Waals surface area contributed by atoms with E-state index in [1.807, 2.05) is 18.2 Å². The molecule has 0 bridgehead atoms. The predicted molar refractivity (Wildman–Crippen MR) is 206 cm³/mol. The summed E-state index contributed by atoms with van der Waals surface area (Å²) in [7, 11) is 0. The second kappa shape index (κ2) is 27.0. The van der Waals surface area contributed by atoms with Crippen LogP contribution in [-0.4, -0.2) is 30.1 Å². The summed E-state index contributed by atoms with van der Waals surface area (Å²) in [5.74, 6) is -3.29. The van der Waals surface area contributed by atoms with Crippen LogP contribution in [0.5, 0.6) is 0 Å². The first-order chi connectivity index (χ1) is 28.1. The van der Waals surface area contributed by atoms with Crippen molar-refractivity contribution >= 4 is 0 Å². The SMILES string of the molecule is Fc1c[c-]c(-c2ccccn2)c(F)c1.Fc1c[c-]c(-c2ccccn2)cc1.OCc1ccnc(-c2[c-]cc(F)cc2)c1.OCc1ccnc(-c2[c-]cc(F)cc2F)c1.[Ir].[Ir].[Ir]. The Bertz CT molecular complexity index is 2510. The fourth-order valence-corrected chi connectivity index (χ4v) is 4.87. The zero-order chi connectivity index (χ0) is 41.3. The summed E-state index contributed by atoms with van der Waals surface area (Å²) in [6, 6.07) is 40.3. The maximum atomic E-state index is 13.4. The van der Waals surface area contributed by atoms with Crippen LogP contribution in [-0.2, 0) is 73.5 Å². The van der Waals surface area contributed by atoms with E-state index < -0.39 is 23.3 Å². The van der Waals surface area contributed by atoms with Gasteiger partial charge in [0.1, 0.15) is 0 Å². The minimum Gasteiger partial charge on any atom is -0.392 e. The van der Waals surface area contributed by atoms with Crippen molar-refractivity contribution in [2.45, 2.75) is 13.2 Å². The largest absolute Gasteiger partial charge is 0.392 e. The summed E-state index contributed by atoms with van der Waals surface area (Å²) in [6.07, 6.45) is 6.31. The molecule has 0 amide bonds. The molecule has 4 aromatic heterocycles. The molecule has 8 rings (SSSR count). The molecule has 0 fully saturated rings. The third-order valence-corrected chi connectivity index (χ3v) is 7.67. The van der Waals surface area contributed by atoms with E-state index in [0.717, 1.165) is 41.1 Å². The predicted octanol–water partition coefficient (Wildman–Crippen LogP) is 10.0. The van der Waals surface area contributed by atoms with E-state index in [0.29, 0.717) is 28.2 Å². The second-order valence-electron chi connectivity index (χ2n) is 11.8. The van der Waals surface area contributed by atoms with Gasteiger partial charge in [-0.25, -0.2) is 0 Å². The molecule has 8 aromatic rings. The topological polar surface area (TPSA) is 92.0 Å². The Morgan fingerprint density at radius 3 is 1.23 bits per heavy atom. The number of aliphatic hydroxyl groups is 2. The van der Waals surface area contributed by atoms with E-state index in [4.69, 9.17) is 10.2 Å². The van der Waals surface area contributed by atoms with Gasteiger partial charge in [0.05, 0.1) is 13.2 Å². The minimum absolute atomic E-state index is 0. The molecule has 61 heavy (non-hydrogen) atoms. The van der Waals surface area contributed by atoms with Gasteiger partial charge in [-0.05, 0) is 58.2 Å². The second-order valence-corrected chi connectivity index (χ2v) is 11.8. The van der Waals surface area contributed by atoms with Crippen molar-refractivity contribution in [1.29, 1.82) is 0 Å². The van der Waals surface area contributed by atoms with Crippen LogP contribution in [0.1, 0.15) is 11.1 Å². The number of benzene rings is 4.